The molecule has 0 radical (unpaired) electrons. The molecule has 0 unspecified atom stereocenters. The van der Waals surface area contributed by atoms with Crippen LogP contribution in [0.4, 0.5) is 0 Å². The lowest BCUT2D eigenvalue weighted by Gasteiger charge is -2.29. The molecule has 0 aliphatic carbocycles. The number of nitrogens with zero attached hydrogens (tertiary/aromatic N) is 6. The predicted octanol–water partition coefficient (Wildman–Crippen LogP) is 9.03. The molecule has 326 valence electrons. The molecular formula is C49H82N6O3. The molecule has 58 heavy (non-hydrogen) atoms. The summed E-state index contributed by atoms with van der Waals surface area (Å²) in [5.41, 5.74) is 8.95. The molecule has 3 aromatic carbocycles. The molecule has 0 bridgehead atoms. The van der Waals surface area contributed by atoms with Crippen molar-refractivity contribution in [2.24, 2.45) is 0 Å². The second kappa shape index (κ2) is 24.8. The molecule has 0 heterocycles. The fourth-order valence-corrected chi connectivity index (χ4v) is 8.29. The molecule has 9 heteroatoms. The second-order valence-electron chi connectivity index (χ2n) is 15.8. The summed E-state index contributed by atoms with van der Waals surface area (Å²) in [7, 11) is 0. The first kappa shape index (κ1) is 49.2. The summed E-state index contributed by atoms with van der Waals surface area (Å²) in [6.07, 6.45) is 0. The van der Waals surface area contributed by atoms with Gasteiger partial charge in [0.15, 0.2) is 0 Å². The number of phenolic OH excluding ortho intramolecular Hbond substituents is 3. The van der Waals surface area contributed by atoms with Crippen LogP contribution in [-0.2, 0) is 39.3 Å². The lowest BCUT2D eigenvalue weighted by atomic mass is 9.80. The van der Waals surface area contributed by atoms with Crippen LogP contribution < -0.4 is 0 Å². The molecule has 0 saturated heterocycles. The second-order valence-corrected chi connectivity index (χ2v) is 15.8. The molecule has 3 rings (SSSR count). The van der Waals surface area contributed by atoms with Crippen molar-refractivity contribution in [3.8, 4) is 17.2 Å². The van der Waals surface area contributed by atoms with E-state index in [-0.39, 0.29) is 5.92 Å². The fourth-order valence-electron chi connectivity index (χ4n) is 8.29. The lowest BCUT2D eigenvalue weighted by Crippen LogP contribution is -2.25. The number of hydrogen-bond donors (Lipinski definition) is 3. The minimum absolute atomic E-state index is 0.232. The number of aromatic hydroxyl groups is 3. The van der Waals surface area contributed by atoms with E-state index in [4.69, 9.17) is 0 Å². The van der Waals surface area contributed by atoms with E-state index in [0.29, 0.717) is 56.5 Å². The molecule has 0 aliphatic heterocycles. The van der Waals surface area contributed by atoms with Crippen LogP contribution in [0, 0.1) is 0 Å². The van der Waals surface area contributed by atoms with Gasteiger partial charge in [-0.2, -0.15) is 0 Å². The van der Waals surface area contributed by atoms with Crippen LogP contribution >= 0.6 is 0 Å². The van der Waals surface area contributed by atoms with Crippen molar-refractivity contribution >= 4 is 0 Å². The topological polar surface area (TPSA) is 80.1 Å². The average molecular weight is 803 g/mol. The van der Waals surface area contributed by atoms with Gasteiger partial charge >= 0.3 is 0 Å². The van der Waals surface area contributed by atoms with E-state index >= 15 is 0 Å². The Bertz CT molecular complexity index is 1360. The Hall–Kier alpha value is -3.18. The maximum Gasteiger partial charge on any atom is 0.124 e. The number of rotatable bonds is 27. The van der Waals surface area contributed by atoms with Gasteiger partial charge in [0, 0.05) is 78.6 Å². The minimum Gasteiger partial charge on any atom is -0.507 e. The highest BCUT2D eigenvalue weighted by Gasteiger charge is 2.27. The summed E-state index contributed by atoms with van der Waals surface area (Å²) < 4.78 is 0. The minimum atomic E-state index is -0.232. The third kappa shape index (κ3) is 12.9. The molecule has 0 atom stereocenters. The first-order chi connectivity index (χ1) is 27.9. The van der Waals surface area contributed by atoms with Crippen LogP contribution in [-0.4, -0.2) is 123 Å². The zero-order valence-electron chi connectivity index (χ0n) is 38.8. The summed E-state index contributed by atoms with van der Waals surface area (Å²) in [6, 6.07) is 13.5. The highest BCUT2D eigenvalue weighted by atomic mass is 16.3. The van der Waals surface area contributed by atoms with Crippen LogP contribution in [0.15, 0.2) is 36.4 Å². The molecule has 0 saturated carbocycles. The van der Waals surface area contributed by atoms with Gasteiger partial charge in [-0.25, -0.2) is 0 Å². The van der Waals surface area contributed by atoms with Crippen molar-refractivity contribution in [3.63, 3.8) is 0 Å². The number of hydrogen-bond acceptors (Lipinski definition) is 9. The van der Waals surface area contributed by atoms with Gasteiger partial charge in [0.1, 0.15) is 17.2 Å². The van der Waals surface area contributed by atoms with E-state index in [1.54, 1.807) is 0 Å². The van der Waals surface area contributed by atoms with E-state index in [0.717, 1.165) is 129 Å². The molecule has 3 aromatic rings. The van der Waals surface area contributed by atoms with Crippen LogP contribution in [0.25, 0.3) is 0 Å². The molecule has 0 amide bonds. The van der Waals surface area contributed by atoms with E-state index in [9.17, 15) is 15.3 Å². The van der Waals surface area contributed by atoms with Crippen molar-refractivity contribution in [3.05, 3.63) is 86.5 Å². The van der Waals surface area contributed by atoms with Crippen molar-refractivity contribution in [1.82, 2.24) is 29.4 Å². The van der Waals surface area contributed by atoms with Crippen molar-refractivity contribution < 1.29 is 15.3 Å². The third-order valence-corrected chi connectivity index (χ3v) is 12.6. The molecule has 9 nitrogen and oxygen atoms in total. The predicted molar refractivity (Wildman–Crippen MR) is 245 cm³/mol. The number of phenols is 3. The highest BCUT2D eigenvalue weighted by Crippen LogP contribution is 2.42. The third-order valence-electron chi connectivity index (χ3n) is 12.6. The standard InChI is InChI=1S/C49H82N6O3/c1-13-50(14-2)31-40-25-37(26-41(47(40)56)32-51(15-3)16-4)46(38-27-42(33-52(17-5)18-6)48(57)43(28-38)34-53(19-7)20-8)39-29-44(35-54(21-9)22-10)49(58)45(30-39)36-55(23-11)24-12/h25-30,46,56-58H,13-24,31-36H2,1-12H3. The first-order valence-corrected chi connectivity index (χ1v) is 22.8. The maximum absolute atomic E-state index is 12.0. The van der Waals surface area contributed by atoms with Gasteiger partial charge in [0.05, 0.1) is 0 Å². The summed E-state index contributed by atoms with van der Waals surface area (Å²) in [6.45, 7) is 40.7. The van der Waals surface area contributed by atoms with Gasteiger partial charge in [-0.05, 0) is 132 Å². The molecular weight excluding hydrogens is 721 g/mol. The van der Waals surface area contributed by atoms with E-state index in [1.807, 2.05) is 0 Å². The fraction of sp³-hybridized carbons (Fsp3) is 0.633. The number of benzene rings is 3. The van der Waals surface area contributed by atoms with Gasteiger partial charge in [0.25, 0.3) is 0 Å². The zero-order chi connectivity index (χ0) is 42.9. The molecule has 0 spiro atoms. The van der Waals surface area contributed by atoms with Crippen molar-refractivity contribution in [1.29, 1.82) is 0 Å². The Morgan fingerprint density at radius 3 is 0.552 bits per heavy atom. The molecule has 3 N–H and O–H groups in total. The van der Waals surface area contributed by atoms with Crippen molar-refractivity contribution in [2.45, 2.75) is 128 Å². The van der Waals surface area contributed by atoms with Crippen LogP contribution in [0.5, 0.6) is 17.2 Å². The van der Waals surface area contributed by atoms with Crippen LogP contribution in [0.1, 0.15) is 139 Å². The largest absolute Gasteiger partial charge is 0.507 e. The van der Waals surface area contributed by atoms with Crippen LogP contribution in [0.2, 0.25) is 0 Å². The average Bonchev–Trinajstić information content (AvgIpc) is 3.24. The first-order valence-electron chi connectivity index (χ1n) is 22.8. The Morgan fingerprint density at radius 1 is 0.293 bits per heavy atom. The van der Waals surface area contributed by atoms with E-state index < -0.39 is 0 Å². The Labute approximate surface area is 354 Å². The van der Waals surface area contributed by atoms with Gasteiger partial charge in [-0.1, -0.05) is 83.1 Å². The van der Waals surface area contributed by atoms with Gasteiger partial charge in [-0.3, -0.25) is 29.4 Å². The van der Waals surface area contributed by atoms with Crippen LogP contribution in [0.3, 0.4) is 0 Å². The Morgan fingerprint density at radius 2 is 0.431 bits per heavy atom. The molecule has 0 aliphatic rings. The van der Waals surface area contributed by atoms with Crippen molar-refractivity contribution in [2.75, 3.05) is 78.5 Å². The Kier molecular flexibility index (Phi) is 21.0. The summed E-state index contributed by atoms with van der Waals surface area (Å²) in [5, 5.41) is 36.1. The lowest BCUT2D eigenvalue weighted by molar-refractivity contribution is 0.280. The highest BCUT2D eigenvalue weighted by molar-refractivity contribution is 5.56. The van der Waals surface area contributed by atoms with E-state index in [2.05, 4.69) is 149 Å². The summed E-state index contributed by atoms with van der Waals surface area (Å²) in [4.78, 5) is 14.2. The van der Waals surface area contributed by atoms with Gasteiger partial charge in [0.2, 0.25) is 0 Å². The quantitative estimate of drug-likeness (QED) is 0.0655. The molecule has 0 aromatic heterocycles. The normalized spacial score (nSPS) is 12.3. The summed E-state index contributed by atoms with van der Waals surface area (Å²) >= 11 is 0. The SMILES string of the molecule is CCN(CC)Cc1cc(C(c2cc(CN(CC)CC)c(O)c(CN(CC)CC)c2)c2cc(CN(CC)CC)c(O)c(CN(CC)CC)c2)cc(CN(CC)CC)c1O. The maximum atomic E-state index is 12.0. The molecule has 0 fully saturated rings. The summed E-state index contributed by atoms with van der Waals surface area (Å²) in [5.74, 6) is 0.911. The van der Waals surface area contributed by atoms with Gasteiger partial charge in [-0.15, -0.1) is 0 Å². The van der Waals surface area contributed by atoms with Gasteiger partial charge < -0.3 is 15.3 Å². The monoisotopic (exact) mass is 803 g/mol. The smallest absolute Gasteiger partial charge is 0.124 e. The zero-order valence-corrected chi connectivity index (χ0v) is 38.8. The Balaban J connectivity index is 2.60. The van der Waals surface area contributed by atoms with E-state index in [1.165, 1.54) is 0 Å².